The summed E-state index contributed by atoms with van der Waals surface area (Å²) in [5.74, 6) is 0.0414. The van der Waals surface area contributed by atoms with Gasteiger partial charge >= 0.3 is 0 Å². The van der Waals surface area contributed by atoms with Gasteiger partial charge in [-0.3, -0.25) is 4.79 Å². The average molecular weight is 278 g/mol. The summed E-state index contributed by atoms with van der Waals surface area (Å²) in [7, 11) is 0. The van der Waals surface area contributed by atoms with Crippen molar-refractivity contribution in [3.8, 4) is 0 Å². The number of carbonyl (C=O) groups excluding carboxylic acids is 1. The van der Waals surface area contributed by atoms with Gasteiger partial charge < -0.3 is 9.47 Å². The van der Waals surface area contributed by atoms with Crippen LogP contribution in [0.15, 0.2) is 18.2 Å². The van der Waals surface area contributed by atoms with E-state index in [1.165, 1.54) is 0 Å². The standard InChI is InChI=1S/C17H26O3/c1-5-6-9-19-10-11-20-15(4)17(18)16-12-13(2)7-8-14(16)3/h7-8,12,15H,5-6,9-11H2,1-4H3. The van der Waals surface area contributed by atoms with E-state index in [9.17, 15) is 4.79 Å². The summed E-state index contributed by atoms with van der Waals surface area (Å²) >= 11 is 0. The quantitative estimate of drug-likeness (QED) is 0.510. The van der Waals surface area contributed by atoms with Gasteiger partial charge in [0.1, 0.15) is 6.10 Å². The van der Waals surface area contributed by atoms with Crippen molar-refractivity contribution in [3.63, 3.8) is 0 Å². The zero-order chi connectivity index (χ0) is 15.0. The Morgan fingerprint density at radius 3 is 2.65 bits per heavy atom. The van der Waals surface area contributed by atoms with Gasteiger partial charge in [-0.2, -0.15) is 0 Å². The minimum Gasteiger partial charge on any atom is -0.379 e. The molecule has 0 heterocycles. The number of ether oxygens (including phenoxy) is 2. The Morgan fingerprint density at radius 1 is 1.20 bits per heavy atom. The largest absolute Gasteiger partial charge is 0.379 e. The number of ketones is 1. The van der Waals surface area contributed by atoms with Crippen molar-refractivity contribution in [2.45, 2.75) is 46.6 Å². The molecular formula is C17H26O3. The molecule has 0 bridgehead atoms. The molecule has 0 aliphatic heterocycles. The second-order valence-electron chi connectivity index (χ2n) is 5.16. The number of carbonyl (C=O) groups is 1. The van der Waals surface area contributed by atoms with E-state index < -0.39 is 6.10 Å². The minimum atomic E-state index is -0.426. The molecule has 0 saturated carbocycles. The van der Waals surface area contributed by atoms with Crippen LogP contribution in [0.3, 0.4) is 0 Å². The normalized spacial score (nSPS) is 12.4. The average Bonchev–Trinajstić information content (AvgIpc) is 2.44. The molecule has 0 aliphatic rings. The summed E-state index contributed by atoms with van der Waals surface area (Å²) in [5.41, 5.74) is 2.84. The Kier molecular flexibility index (Phi) is 7.48. The third kappa shape index (κ3) is 5.43. The zero-order valence-corrected chi connectivity index (χ0v) is 13.1. The fraction of sp³-hybridized carbons (Fsp3) is 0.588. The highest BCUT2D eigenvalue weighted by atomic mass is 16.5. The third-order valence-corrected chi connectivity index (χ3v) is 3.27. The van der Waals surface area contributed by atoms with Gasteiger partial charge in [0.25, 0.3) is 0 Å². The summed E-state index contributed by atoms with van der Waals surface area (Å²) in [5, 5.41) is 0. The molecule has 1 aromatic rings. The van der Waals surface area contributed by atoms with E-state index in [4.69, 9.17) is 9.47 Å². The highest BCUT2D eigenvalue weighted by molar-refractivity contribution is 6.00. The maximum absolute atomic E-state index is 12.3. The van der Waals surface area contributed by atoms with E-state index in [1.807, 2.05) is 32.0 Å². The van der Waals surface area contributed by atoms with Crippen LogP contribution in [0.4, 0.5) is 0 Å². The topological polar surface area (TPSA) is 35.5 Å². The lowest BCUT2D eigenvalue weighted by Gasteiger charge is -2.14. The van der Waals surface area contributed by atoms with Crippen molar-refractivity contribution < 1.29 is 14.3 Å². The first-order chi connectivity index (χ1) is 9.56. The Hall–Kier alpha value is -1.19. The molecule has 112 valence electrons. The van der Waals surface area contributed by atoms with E-state index in [2.05, 4.69) is 6.92 Å². The van der Waals surface area contributed by atoms with E-state index in [-0.39, 0.29) is 5.78 Å². The van der Waals surface area contributed by atoms with Crippen LogP contribution in [0.2, 0.25) is 0 Å². The number of Topliss-reactive ketones (excluding diaryl/α,β-unsaturated/α-hetero) is 1. The van der Waals surface area contributed by atoms with E-state index in [0.717, 1.165) is 36.1 Å². The summed E-state index contributed by atoms with van der Waals surface area (Å²) in [6, 6.07) is 5.91. The zero-order valence-electron chi connectivity index (χ0n) is 13.1. The highest BCUT2D eigenvalue weighted by Crippen LogP contribution is 2.14. The smallest absolute Gasteiger partial charge is 0.191 e. The molecule has 0 spiro atoms. The molecule has 3 heteroatoms. The van der Waals surface area contributed by atoms with E-state index in [1.54, 1.807) is 6.92 Å². The molecule has 1 rings (SSSR count). The summed E-state index contributed by atoms with van der Waals surface area (Å²) in [6.45, 7) is 9.64. The first kappa shape index (κ1) is 16.9. The molecule has 20 heavy (non-hydrogen) atoms. The van der Waals surface area contributed by atoms with Crippen molar-refractivity contribution in [1.29, 1.82) is 0 Å². The Morgan fingerprint density at radius 2 is 1.95 bits per heavy atom. The van der Waals surface area contributed by atoms with Gasteiger partial charge in [0, 0.05) is 12.2 Å². The lowest BCUT2D eigenvalue weighted by Crippen LogP contribution is -2.23. The van der Waals surface area contributed by atoms with Gasteiger partial charge in [-0.1, -0.05) is 31.0 Å². The molecule has 0 saturated heterocycles. The first-order valence-corrected chi connectivity index (χ1v) is 7.37. The fourth-order valence-electron chi connectivity index (χ4n) is 1.93. The summed E-state index contributed by atoms with van der Waals surface area (Å²) < 4.78 is 11.0. The van der Waals surface area contributed by atoms with Gasteiger partial charge in [0.2, 0.25) is 0 Å². The number of aryl methyl sites for hydroxylation is 2. The number of benzene rings is 1. The molecule has 1 unspecified atom stereocenters. The van der Waals surface area contributed by atoms with Crippen LogP contribution in [0.1, 0.15) is 48.2 Å². The Bertz CT molecular complexity index is 426. The molecule has 0 aromatic heterocycles. The second kappa shape index (κ2) is 8.88. The molecule has 0 aliphatic carbocycles. The van der Waals surface area contributed by atoms with Crippen molar-refractivity contribution in [2.75, 3.05) is 19.8 Å². The van der Waals surface area contributed by atoms with Gasteiger partial charge in [-0.15, -0.1) is 0 Å². The predicted octanol–water partition coefficient (Wildman–Crippen LogP) is 3.71. The summed E-state index contributed by atoms with van der Waals surface area (Å²) in [6.07, 6.45) is 1.77. The monoisotopic (exact) mass is 278 g/mol. The van der Waals surface area contributed by atoms with E-state index >= 15 is 0 Å². The second-order valence-corrected chi connectivity index (χ2v) is 5.16. The lowest BCUT2D eigenvalue weighted by atomic mass is 9.99. The number of unbranched alkanes of at least 4 members (excludes halogenated alkanes) is 1. The number of hydrogen-bond donors (Lipinski definition) is 0. The van der Waals surface area contributed by atoms with Crippen molar-refractivity contribution in [1.82, 2.24) is 0 Å². The van der Waals surface area contributed by atoms with Crippen LogP contribution in [0.5, 0.6) is 0 Å². The molecule has 1 atom stereocenters. The van der Waals surface area contributed by atoms with Gasteiger partial charge in [-0.05, 0) is 38.8 Å². The molecule has 1 aromatic carbocycles. The fourth-order valence-corrected chi connectivity index (χ4v) is 1.93. The third-order valence-electron chi connectivity index (χ3n) is 3.27. The molecular weight excluding hydrogens is 252 g/mol. The predicted molar refractivity (Wildman–Crippen MR) is 81.4 cm³/mol. The molecule has 0 amide bonds. The highest BCUT2D eigenvalue weighted by Gasteiger charge is 2.17. The van der Waals surface area contributed by atoms with Crippen molar-refractivity contribution in [2.24, 2.45) is 0 Å². The van der Waals surface area contributed by atoms with Gasteiger partial charge in [0.05, 0.1) is 13.2 Å². The Balaban J connectivity index is 2.41. The number of rotatable bonds is 9. The maximum Gasteiger partial charge on any atom is 0.191 e. The van der Waals surface area contributed by atoms with Crippen LogP contribution in [0, 0.1) is 13.8 Å². The Labute approximate surface area is 122 Å². The summed E-state index contributed by atoms with van der Waals surface area (Å²) in [4.78, 5) is 12.3. The first-order valence-electron chi connectivity index (χ1n) is 7.37. The maximum atomic E-state index is 12.3. The van der Waals surface area contributed by atoms with Crippen molar-refractivity contribution >= 4 is 5.78 Å². The van der Waals surface area contributed by atoms with Crippen LogP contribution in [-0.2, 0) is 9.47 Å². The van der Waals surface area contributed by atoms with Crippen LogP contribution < -0.4 is 0 Å². The molecule has 0 fully saturated rings. The number of hydrogen-bond acceptors (Lipinski definition) is 3. The van der Waals surface area contributed by atoms with Crippen molar-refractivity contribution in [3.05, 3.63) is 34.9 Å². The molecule has 3 nitrogen and oxygen atoms in total. The van der Waals surface area contributed by atoms with Gasteiger partial charge in [0.15, 0.2) is 5.78 Å². The SMILES string of the molecule is CCCCOCCOC(C)C(=O)c1cc(C)ccc1C. The van der Waals surface area contributed by atoms with Gasteiger partial charge in [-0.25, -0.2) is 0 Å². The van der Waals surface area contributed by atoms with Crippen LogP contribution >= 0.6 is 0 Å². The van der Waals surface area contributed by atoms with Crippen LogP contribution in [0.25, 0.3) is 0 Å². The van der Waals surface area contributed by atoms with E-state index in [0.29, 0.717) is 13.2 Å². The van der Waals surface area contributed by atoms with Crippen LogP contribution in [-0.4, -0.2) is 31.7 Å². The lowest BCUT2D eigenvalue weighted by molar-refractivity contribution is 0.0144. The molecule has 0 radical (unpaired) electrons. The minimum absolute atomic E-state index is 0.0414. The molecule has 0 N–H and O–H groups in total.